The molecule has 0 saturated carbocycles. The van der Waals surface area contributed by atoms with Crippen LogP contribution in [0.5, 0.6) is 5.88 Å². The van der Waals surface area contributed by atoms with Crippen LogP contribution in [0.4, 0.5) is 0 Å². The smallest absolute Gasteiger partial charge is 0.213 e. The van der Waals surface area contributed by atoms with E-state index in [1.54, 1.807) is 12.1 Å². The van der Waals surface area contributed by atoms with Crippen LogP contribution in [0.1, 0.15) is 26.5 Å². The maximum Gasteiger partial charge on any atom is 0.213 e. The molecule has 0 saturated heterocycles. The van der Waals surface area contributed by atoms with Gasteiger partial charge in [-0.3, -0.25) is 0 Å². The van der Waals surface area contributed by atoms with Crippen molar-refractivity contribution in [2.24, 2.45) is 5.92 Å². The van der Waals surface area contributed by atoms with E-state index in [9.17, 15) is 0 Å². The Morgan fingerprint density at radius 3 is 2.53 bits per heavy atom. The second-order valence-electron chi connectivity index (χ2n) is 3.78. The van der Waals surface area contributed by atoms with Gasteiger partial charge >= 0.3 is 0 Å². The zero-order chi connectivity index (χ0) is 11.4. The number of hydrogen-bond donors (Lipinski definition) is 0. The van der Waals surface area contributed by atoms with Crippen LogP contribution in [0.2, 0.25) is 5.02 Å². The summed E-state index contributed by atoms with van der Waals surface area (Å²) in [5, 5.41) is 0.578. The molecule has 1 unspecified atom stereocenters. The first kappa shape index (κ1) is 12.6. The molecule has 0 fully saturated rings. The van der Waals surface area contributed by atoms with Crippen molar-refractivity contribution in [2.45, 2.75) is 32.8 Å². The van der Waals surface area contributed by atoms with E-state index in [-0.39, 0.29) is 6.10 Å². The molecular weight excluding hydrogens is 233 g/mol. The first-order valence-electron chi connectivity index (χ1n) is 4.92. The van der Waals surface area contributed by atoms with E-state index in [0.717, 1.165) is 0 Å². The molecule has 0 amide bonds. The first-order chi connectivity index (χ1) is 7.04. The molecule has 84 valence electrons. The molecule has 15 heavy (non-hydrogen) atoms. The average Bonchev–Trinajstić information content (AvgIpc) is 2.20. The number of pyridine rings is 1. The van der Waals surface area contributed by atoms with Gasteiger partial charge in [-0.2, -0.15) is 0 Å². The highest BCUT2D eigenvalue weighted by Gasteiger charge is 2.10. The molecule has 0 aromatic carbocycles. The second kappa shape index (κ2) is 5.57. The number of rotatable bonds is 4. The predicted octanol–water partition coefficient (Wildman–Crippen LogP) is 3.90. The third-order valence-corrected chi connectivity index (χ3v) is 2.86. The summed E-state index contributed by atoms with van der Waals surface area (Å²) in [4.78, 5) is 4.23. The van der Waals surface area contributed by atoms with Gasteiger partial charge in [0.05, 0.1) is 22.7 Å². The Morgan fingerprint density at radius 2 is 2.00 bits per heavy atom. The minimum absolute atomic E-state index is 0.127. The summed E-state index contributed by atoms with van der Waals surface area (Å²) in [6, 6.07) is 3.52. The average molecular weight is 248 g/mol. The fourth-order valence-corrected chi connectivity index (χ4v) is 1.39. The Bertz CT molecular complexity index is 328. The highest BCUT2D eigenvalue weighted by atomic mass is 35.5. The lowest BCUT2D eigenvalue weighted by Crippen LogP contribution is -2.19. The first-order valence-corrected chi connectivity index (χ1v) is 5.84. The molecule has 0 aliphatic heterocycles. The molecule has 0 radical (unpaired) electrons. The van der Waals surface area contributed by atoms with Crippen LogP contribution in [0, 0.1) is 5.92 Å². The largest absolute Gasteiger partial charge is 0.474 e. The molecular formula is C11H15Cl2NO. The summed E-state index contributed by atoms with van der Waals surface area (Å²) < 4.78 is 5.64. The van der Waals surface area contributed by atoms with Crippen molar-refractivity contribution in [1.82, 2.24) is 4.98 Å². The molecule has 0 spiro atoms. The van der Waals surface area contributed by atoms with Gasteiger partial charge in [-0.25, -0.2) is 4.98 Å². The number of hydrogen-bond acceptors (Lipinski definition) is 2. The summed E-state index contributed by atoms with van der Waals surface area (Å²) in [6.07, 6.45) is 0.127. The second-order valence-corrected chi connectivity index (χ2v) is 4.45. The van der Waals surface area contributed by atoms with Crippen LogP contribution in [0.3, 0.4) is 0 Å². The van der Waals surface area contributed by atoms with Crippen LogP contribution < -0.4 is 4.74 Å². The summed E-state index contributed by atoms with van der Waals surface area (Å²) in [5.74, 6) is 1.32. The Kier molecular flexibility index (Phi) is 4.68. The van der Waals surface area contributed by atoms with E-state index in [2.05, 4.69) is 18.8 Å². The topological polar surface area (TPSA) is 22.1 Å². The zero-order valence-electron chi connectivity index (χ0n) is 9.13. The minimum atomic E-state index is 0.127. The fraction of sp³-hybridized carbons (Fsp3) is 0.545. The van der Waals surface area contributed by atoms with Gasteiger partial charge in [0.25, 0.3) is 0 Å². The molecule has 0 aliphatic rings. The van der Waals surface area contributed by atoms with E-state index in [1.165, 1.54) is 0 Å². The normalized spacial score (nSPS) is 12.9. The molecule has 2 nitrogen and oxygen atoms in total. The van der Waals surface area contributed by atoms with Crippen molar-refractivity contribution < 1.29 is 4.74 Å². The van der Waals surface area contributed by atoms with Gasteiger partial charge in [0.2, 0.25) is 5.88 Å². The van der Waals surface area contributed by atoms with E-state index < -0.39 is 0 Å². The van der Waals surface area contributed by atoms with Gasteiger partial charge in [-0.1, -0.05) is 25.4 Å². The van der Waals surface area contributed by atoms with Gasteiger partial charge in [-0.05, 0) is 18.9 Å². The third-order valence-electron chi connectivity index (χ3n) is 2.27. The number of nitrogens with zero attached hydrogens (tertiary/aromatic N) is 1. The highest BCUT2D eigenvalue weighted by Crippen LogP contribution is 2.21. The Labute approximate surface area is 101 Å². The van der Waals surface area contributed by atoms with Crippen LogP contribution in [0.15, 0.2) is 12.1 Å². The van der Waals surface area contributed by atoms with Crippen molar-refractivity contribution in [3.8, 4) is 5.88 Å². The van der Waals surface area contributed by atoms with Crippen molar-refractivity contribution in [1.29, 1.82) is 0 Å². The maximum absolute atomic E-state index is 5.89. The van der Waals surface area contributed by atoms with Gasteiger partial charge in [0.15, 0.2) is 0 Å². The van der Waals surface area contributed by atoms with Crippen molar-refractivity contribution in [2.75, 3.05) is 0 Å². The number of alkyl halides is 1. The van der Waals surface area contributed by atoms with E-state index in [4.69, 9.17) is 27.9 Å². The van der Waals surface area contributed by atoms with Gasteiger partial charge in [0, 0.05) is 6.07 Å². The van der Waals surface area contributed by atoms with Gasteiger partial charge in [-0.15, -0.1) is 11.6 Å². The molecule has 0 bridgehead atoms. The number of ether oxygens (including phenoxy) is 1. The fourth-order valence-electron chi connectivity index (χ4n) is 0.950. The summed E-state index contributed by atoms with van der Waals surface area (Å²) in [5.41, 5.74) is 0.659. The van der Waals surface area contributed by atoms with Crippen LogP contribution in [0.25, 0.3) is 0 Å². The lowest BCUT2D eigenvalue weighted by molar-refractivity contribution is 0.163. The van der Waals surface area contributed by atoms with Gasteiger partial charge in [0.1, 0.15) is 0 Å². The van der Waals surface area contributed by atoms with Crippen molar-refractivity contribution in [3.05, 3.63) is 22.8 Å². The maximum atomic E-state index is 5.89. The monoisotopic (exact) mass is 247 g/mol. The van der Waals surface area contributed by atoms with E-state index in [0.29, 0.717) is 28.4 Å². The Balaban J connectivity index is 2.78. The molecule has 1 aromatic heterocycles. The Hall–Kier alpha value is -0.470. The van der Waals surface area contributed by atoms with Crippen LogP contribution >= 0.6 is 23.2 Å². The molecule has 4 heteroatoms. The highest BCUT2D eigenvalue weighted by molar-refractivity contribution is 6.32. The van der Waals surface area contributed by atoms with Crippen LogP contribution in [-0.2, 0) is 5.88 Å². The van der Waals surface area contributed by atoms with E-state index in [1.807, 2.05) is 6.92 Å². The molecule has 0 N–H and O–H groups in total. The quantitative estimate of drug-likeness (QED) is 0.754. The van der Waals surface area contributed by atoms with Gasteiger partial charge < -0.3 is 4.74 Å². The van der Waals surface area contributed by atoms with E-state index >= 15 is 0 Å². The summed E-state index contributed by atoms with van der Waals surface area (Å²) in [6.45, 7) is 6.22. The third kappa shape index (κ3) is 3.54. The molecule has 1 heterocycles. The molecule has 0 aliphatic carbocycles. The summed E-state index contributed by atoms with van der Waals surface area (Å²) >= 11 is 11.6. The molecule has 1 aromatic rings. The standard InChI is InChI=1S/C11H15Cl2NO/c1-7(2)8(3)15-11-5-4-9(13)10(6-12)14-11/h4-5,7-8H,6H2,1-3H3. The lowest BCUT2D eigenvalue weighted by atomic mass is 10.1. The van der Waals surface area contributed by atoms with Crippen LogP contribution in [-0.4, -0.2) is 11.1 Å². The predicted molar refractivity (Wildman–Crippen MR) is 63.7 cm³/mol. The van der Waals surface area contributed by atoms with Crippen molar-refractivity contribution in [3.63, 3.8) is 0 Å². The minimum Gasteiger partial charge on any atom is -0.474 e. The number of halogens is 2. The summed E-state index contributed by atoms with van der Waals surface area (Å²) in [7, 11) is 0. The lowest BCUT2D eigenvalue weighted by Gasteiger charge is -2.17. The number of aromatic nitrogens is 1. The molecule has 1 atom stereocenters. The SMILES string of the molecule is CC(C)C(C)Oc1ccc(Cl)c(CCl)n1. The zero-order valence-corrected chi connectivity index (χ0v) is 10.6. The van der Waals surface area contributed by atoms with Crippen molar-refractivity contribution >= 4 is 23.2 Å². The Morgan fingerprint density at radius 1 is 1.33 bits per heavy atom. The molecule has 1 rings (SSSR count).